The number of carbonyl (C=O) groups is 2. The minimum atomic E-state index is -0.724. The summed E-state index contributed by atoms with van der Waals surface area (Å²) < 4.78 is 21.2. The van der Waals surface area contributed by atoms with Gasteiger partial charge in [-0.3, -0.25) is 4.79 Å². The fourth-order valence-electron chi connectivity index (χ4n) is 2.53. The van der Waals surface area contributed by atoms with Crippen molar-refractivity contribution in [2.75, 3.05) is 26.4 Å². The number of amides is 1. The quantitative estimate of drug-likeness (QED) is 0.420. The molecule has 0 fully saturated rings. The standard InChI is InChI=1S/C21H20ClNO6/c1-2-26-16-4-6-17(7-5-16)27-10-9-23-20(24)13-28-21(25)19-12-14-11-15(22)3-8-18(14)29-19/h3-8,11-12H,2,9-10,13H2,1H3,(H,23,24). The number of fused-ring (bicyclic) bond motifs is 1. The Kier molecular flexibility index (Phi) is 6.97. The summed E-state index contributed by atoms with van der Waals surface area (Å²) in [4.78, 5) is 23.8. The number of benzene rings is 2. The molecule has 7 nitrogen and oxygen atoms in total. The van der Waals surface area contributed by atoms with Gasteiger partial charge in [-0.1, -0.05) is 11.6 Å². The van der Waals surface area contributed by atoms with Gasteiger partial charge in [0.1, 0.15) is 23.7 Å². The van der Waals surface area contributed by atoms with Gasteiger partial charge in [0.05, 0.1) is 13.2 Å². The van der Waals surface area contributed by atoms with E-state index in [0.717, 1.165) is 5.75 Å². The number of esters is 1. The molecular formula is C21H20ClNO6. The molecule has 0 aliphatic heterocycles. The average molecular weight is 418 g/mol. The number of ether oxygens (including phenoxy) is 3. The predicted molar refractivity (Wildman–Crippen MR) is 108 cm³/mol. The Morgan fingerprint density at radius 3 is 2.48 bits per heavy atom. The molecule has 0 radical (unpaired) electrons. The molecule has 0 spiro atoms. The van der Waals surface area contributed by atoms with Crippen LogP contribution >= 0.6 is 11.6 Å². The van der Waals surface area contributed by atoms with Gasteiger partial charge in [-0.05, 0) is 55.5 Å². The molecule has 0 aliphatic carbocycles. The fourth-order valence-corrected chi connectivity index (χ4v) is 2.71. The third-order valence-corrected chi connectivity index (χ3v) is 4.08. The first-order chi connectivity index (χ1) is 14.0. The van der Waals surface area contributed by atoms with Crippen molar-refractivity contribution in [3.05, 3.63) is 59.3 Å². The van der Waals surface area contributed by atoms with E-state index in [9.17, 15) is 9.59 Å². The predicted octanol–water partition coefficient (Wildman–Crippen LogP) is 3.84. The van der Waals surface area contributed by atoms with Crippen LogP contribution in [0.1, 0.15) is 17.5 Å². The van der Waals surface area contributed by atoms with E-state index in [2.05, 4.69) is 5.32 Å². The lowest BCUT2D eigenvalue weighted by atomic mass is 10.2. The average Bonchev–Trinajstić information content (AvgIpc) is 3.14. The fraction of sp³-hybridized carbons (Fsp3) is 0.238. The molecule has 8 heteroatoms. The molecular weight excluding hydrogens is 398 g/mol. The van der Waals surface area contributed by atoms with Crippen LogP contribution in [0.2, 0.25) is 5.02 Å². The van der Waals surface area contributed by atoms with Crippen molar-refractivity contribution >= 4 is 34.4 Å². The van der Waals surface area contributed by atoms with E-state index >= 15 is 0 Å². The van der Waals surface area contributed by atoms with E-state index in [-0.39, 0.29) is 18.9 Å². The lowest BCUT2D eigenvalue weighted by Gasteiger charge is -2.09. The van der Waals surface area contributed by atoms with E-state index in [4.69, 9.17) is 30.2 Å². The van der Waals surface area contributed by atoms with Gasteiger partial charge in [-0.25, -0.2) is 4.79 Å². The zero-order valence-electron chi connectivity index (χ0n) is 15.8. The molecule has 0 aliphatic rings. The summed E-state index contributed by atoms with van der Waals surface area (Å²) in [5, 5.41) is 3.82. The second-order valence-electron chi connectivity index (χ2n) is 5.97. The van der Waals surface area contributed by atoms with Crippen molar-refractivity contribution < 1.29 is 28.2 Å². The maximum atomic E-state index is 12.0. The van der Waals surface area contributed by atoms with Crippen molar-refractivity contribution in [2.45, 2.75) is 6.92 Å². The molecule has 29 heavy (non-hydrogen) atoms. The third kappa shape index (κ3) is 5.89. The summed E-state index contributed by atoms with van der Waals surface area (Å²) in [5.41, 5.74) is 0.511. The molecule has 0 atom stereocenters. The molecule has 1 amide bonds. The van der Waals surface area contributed by atoms with Crippen molar-refractivity contribution in [1.29, 1.82) is 0 Å². The minimum Gasteiger partial charge on any atom is -0.494 e. The van der Waals surface area contributed by atoms with Gasteiger partial charge < -0.3 is 23.9 Å². The molecule has 2 aromatic carbocycles. The van der Waals surface area contributed by atoms with Gasteiger partial charge in [-0.2, -0.15) is 0 Å². The number of rotatable bonds is 9. The lowest BCUT2D eigenvalue weighted by molar-refractivity contribution is -0.124. The normalized spacial score (nSPS) is 10.6. The Morgan fingerprint density at radius 1 is 1.03 bits per heavy atom. The zero-order valence-corrected chi connectivity index (χ0v) is 16.5. The maximum absolute atomic E-state index is 12.0. The second kappa shape index (κ2) is 9.84. The Balaban J connectivity index is 1.37. The number of halogens is 1. The molecule has 1 N–H and O–H groups in total. The molecule has 0 saturated heterocycles. The number of hydrogen-bond donors (Lipinski definition) is 1. The highest BCUT2D eigenvalue weighted by Gasteiger charge is 2.15. The van der Waals surface area contributed by atoms with Crippen LogP contribution in [0.15, 0.2) is 52.9 Å². The van der Waals surface area contributed by atoms with Crippen molar-refractivity contribution in [1.82, 2.24) is 5.32 Å². The minimum absolute atomic E-state index is 0.00824. The highest BCUT2D eigenvalue weighted by atomic mass is 35.5. The molecule has 0 saturated carbocycles. The summed E-state index contributed by atoms with van der Waals surface area (Å²) in [6, 6.07) is 13.7. The highest BCUT2D eigenvalue weighted by Crippen LogP contribution is 2.23. The highest BCUT2D eigenvalue weighted by molar-refractivity contribution is 6.31. The van der Waals surface area contributed by atoms with Gasteiger partial charge in [0.2, 0.25) is 5.76 Å². The van der Waals surface area contributed by atoms with Crippen LogP contribution in [-0.4, -0.2) is 38.2 Å². The maximum Gasteiger partial charge on any atom is 0.374 e. The second-order valence-corrected chi connectivity index (χ2v) is 6.41. The monoisotopic (exact) mass is 417 g/mol. The van der Waals surface area contributed by atoms with Crippen LogP contribution in [0.3, 0.4) is 0 Å². The van der Waals surface area contributed by atoms with Gasteiger partial charge in [0.15, 0.2) is 6.61 Å². The van der Waals surface area contributed by atoms with Gasteiger partial charge in [0, 0.05) is 10.4 Å². The number of carbonyl (C=O) groups excluding carboxylic acids is 2. The van der Waals surface area contributed by atoms with Crippen LogP contribution in [0.5, 0.6) is 11.5 Å². The molecule has 1 aromatic heterocycles. The van der Waals surface area contributed by atoms with Crippen molar-refractivity contribution in [3.63, 3.8) is 0 Å². The van der Waals surface area contributed by atoms with Crippen LogP contribution in [-0.2, 0) is 9.53 Å². The molecule has 152 valence electrons. The Hall–Kier alpha value is -3.19. The largest absolute Gasteiger partial charge is 0.494 e. The van der Waals surface area contributed by atoms with Gasteiger partial charge >= 0.3 is 5.97 Å². The molecule has 3 aromatic rings. The summed E-state index contributed by atoms with van der Waals surface area (Å²) >= 11 is 5.90. The van der Waals surface area contributed by atoms with E-state index in [1.54, 1.807) is 30.3 Å². The van der Waals surface area contributed by atoms with Crippen LogP contribution in [0.4, 0.5) is 0 Å². The Morgan fingerprint density at radius 2 is 1.76 bits per heavy atom. The van der Waals surface area contributed by atoms with E-state index in [1.807, 2.05) is 19.1 Å². The van der Waals surface area contributed by atoms with E-state index in [1.165, 1.54) is 6.07 Å². The molecule has 0 bridgehead atoms. The lowest BCUT2D eigenvalue weighted by Crippen LogP contribution is -2.32. The summed E-state index contributed by atoms with van der Waals surface area (Å²) in [5.74, 6) is 0.279. The SMILES string of the molecule is CCOc1ccc(OCCNC(=O)COC(=O)c2cc3cc(Cl)ccc3o2)cc1. The summed E-state index contributed by atoms with van der Waals surface area (Å²) in [6.07, 6.45) is 0. The van der Waals surface area contributed by atoms with E-state index in [0.29, 0.717) is 28.3 Å². The number of nitrogens with one attached hydrogen (secondary N) is 1. The van der Waals surface area contributed by atoms with Crippen LogP contribution < -0.4 is 14.8 Å². The summed E-state index contributed by atoms with van der Waals surface area (Å²) in [7, 11) is 0. The van der Waals surface area contributed by atoms with Crippen LogP contribution in [0, 0.1) is 0 Å². The first-order valence-electron chi connectivity index (χ1n) is 9.03. The molecule has 0 unspecified atom stereocenters. The van der Waals surface area contributed by atoms with Gasteiger partial charge in [0.25, 0.3) is 5.91 Å². The van der Waals surface area contributed by atoms with E-state index < -0.39 is 18.5 Å². The smallest absolute Gasteiger partial charge is 0.374 e. The topological polar surface area (TPSA) is 87.0 Å². The molecule has 3 rings (SSSR count). The van der Waals surface area contributed by atoms with Gasteiger partial charge in [-0.15, -0.1) is 0 Å². The first-order valence-corrected chi connectivity index (χ1v) is 9.41. The van der Waals surface area contributed by atoms with Crippen molar-refractivity contribution in [2.24, 2.45) is 0 Å². The Bertz CT molecular complexity index is 983. The number of furan rings is 1. The zero-order chi connectivity index (χ0) is 20.6. The van der Waals surface area contributed by atoms with Crippen LogP contribution in [0.25, 0.3) is 11.0 Å². The molecule has 1 heterocycles. The number of hydrogen-bond acceptors (Lipinski definition) is 6. The summed E-state index contributed by atoms with van der Waals surface area (Å²) in [6.45, 7) is 2.64. The third-order valence-electron chi connectivity index (χ3n) is 3.84. The van der Waals surface area contributed by atoms with Crippen molar-refractivity contribution in [3.8, 4) is 11.5 Å². The Labute approximate surface area is 172 Å². The first kappa shape index (κ1) is 20.5.